The summed E-state index contributed by atoms with van der Waals surface area (Å²) in [7, 11) is 0. The lowest BCUT2D eigenvalue weighted by Crippen LogP contribution is -2.48. The normalized spacial score (nSPS) is 21.8. The first-order valence-electron chi connectivity index (χ1n) is 9.13. The number of carbonyl (C=O) groups excluding carboxylic acids is 2. The van der Waals surface area contributed by atoms with Crippen molar-refractivity contribution in [2.45, 2.75) is 51.0 Å². The number of rotatable bonds is 2. The van der Waals surface area contributed by atoms with Crippen LogP contribution in [0.2, 0.25) is 10.0 Å². The number of halogens is 2. The standard InChI is InChI=1S/C19H24Cl2N2O2/c20-15-9-8-14(13-16(15)21)18(24)23-12-6-7-17(23)19(25)22-10-4-2-1-3-5-11-22/h8-9,13,17H,1-7,10-12H2. The predicted molar refractivity (Wildman–Crippen MR) is 100 cm³/mol. The first-order valence-corrected chi connectivity index (χ1v) is 9.88. The van der Waals surface area contributed by atoms with Gasteiger partial charge in [-0.2, -0.15) is 0 Å². The van der Waals surface area contributed by atoms with Gasteiger partial charge in [-0.1, -0.05) is 42.5 Å². The second-order valence-corrected chi connectivity index (χ2v) is 7.69. The monoisotopic (exact) mass is 382 g/mol. The van der Waals surface area contributed by atoms with Crippen LogP contribution < -0.4 is 0 Å². The highest BCUT2D eigenvalue weighted by molar-refractivity contribution is 6.42. The highest BCUT2D eigenvalue weighted by atomic mass is 35.5. The van der Waals surface area contributed by atoms with Gasteiger partial charge in [-0.25, -0.2) is 0 Å². The maximum atomic E-state index is 13.0. The van der Waals surface area contributed by atoms with E-state index in [-0.39, 0.29) is 17.9 Å². The Balaban J connectivity index is 1.73. The van der Waals surface area contributed by atoms with E-state index in [1.165, 1.54) is 19.3 Å². The van der Waals surface area contributed by atoms with Gasteiger partial charge in [-0.05, 0) is 43.9 Å². The van der Waals surface area contributed by atoms with Gasteiger partial charge in [-0.15, -0.1) is 0 Å². The van der Waals surface area contributed by atoms with Crippen LogP contribution in [0.4, 0.5) is 0 Å². The minimum absolute atomic E-state index is 0.104. The largest absolute Gasteiger partial charge is 0.341 e. The summed E-state index contributed by atoms with van der Waals surface area (Å²) in [5.74, 6) is -0.0331. The van der Waals surface area contributed by atoms with Gasteiger partial charge in [0, 0.05) is 25.2 Å². The fourth-order valence-electron chi connectivity index (χ4n) is 3.74. The second kappa shape index (κ2) is 8.41. The smallest absolute Gasteiger partial charge is 0.254 e. The lowest BCUT2D eigenvalue weighted by molar-refractivity contribution is -0.135. The highest BCUT2D eigenvalue weighted by Gasteiger charge is 2.36. The molecule has 1 aromatic carbocycles. The van der Waals surface area contributed by atoms with Crippen molar-refractivity contribution in [1.29, 1.82) is 0 Å². The molecule has 0 aliphatic carbocycles. The van der Waals surface area contributed by atoms with Crippen molar-refractivity contribution in [2.24, 2.45) is 0 Å². The van der Waals surface area contributed by atoms with E-state index in [9.17, 15) is 9.59 Å². The third kappa shape index (κ3) is 4.29. The van der Waals surface area contributed by atoms with Crippen molar-refractivity contribution >= 4 is 35.0 Å². The topological polar surface area (TPSA) is 40.6 Å². The zero-order chi connectivity index (χ0) is 17.8. The molecule has 1 atom stereocenters. The van der Waals surface area contributed by atoms with Gasteiger partial charge in [0.1, 0.15) is 6.04 Å². The van der Waals surface area contributed by atoms with Crippen molar-refractivity contribution in [3.63, 3.8) is 0 Å². The minimum Gasteiger partial charge on any atom is -0.341 e. The van der Waals surface area contributed by atoms with Gasteiger partial charge in [0.25, 0.3) is 5.91 Å². The number of hydrogen-bond donors (Lipinski definition) is 0. The average Bonchev–Trinajstić information content (AvgIpc) is 3.05. The van der Waals surface area contributed by atoms with Crippen LogP contribution in [0.5, 0.6) is 0 Å². The van der Waals surface area contributed by atoms with Crippen LogP contribution in [0.1, 0.15) is 55.3 Å². The summed E-state index contributed by atoms with van der Waals surface area (Å²) in [6.45, 7) is 2.23. The Kier molecular flexibility index (Phi) is 6.24. The molecule has 136 valence electrons. The summed E-state index contributed by atoms with van der Waals surface area (Å²) >= 11 is 12.0. The molecule has 0 N–H and O–H groups in total. The molecular weight excluding hydrogens is 359 g/mol. The summed E-state index contributed by atoms with van der Waals surface area (Å²) in [6.07, 6.45) is 7.33. The molecule has 2 fully saturated rings. The fraction of sp³-hybridized carbons (Fsp3) is 0.579. The van der Waals surface area contributed by atoms with Gasteiger partial charge in [-0.3, -0.25) is 9.59 Å². The molecule has 0 spiro atoms. The van der Waals surface area contributed by atoms with Gasteiger partial charge >= 0.3 is 0 Å². The Bertz CT molecular complexity index is 642. The van der Waals surface area contributed by atoms with Crippen LogP contribution >= 0.6 is 23.2 Å². The van der Waals surface area contributed by atoms with E-state index in [4.69, 9.17) is 23.2 Å². The number of likely N-dealkylation sites (tertiary alicyclic amines) is 2. The second-order valence-electron chi connectivity index (χ2n) is 6.88. The average molecular weight is 383 g/mol. The van der Waals surface area contributed by atoms with Crippen LogP contribution in [-0.4, -0.2) is 47.3 Å². The zero-order valence-corrected chi connectivity index (χ0v) is 15.9. The molecule has 1 unspecified atom stereocenters. The van der Waals surface area contributed by atoms with Crippen molar-refractivity contribution in [3.8, 4) is 0 Å². The molecule has 2 aliphatic heterocycles. The zero-order valence-electron chi connectivity index (χ0n) is 14.3. The van der Waals surface area contributed by atoms with Gasteiger partial charge in [0.15, 0.2) is 0 Å². The van der Waals surface area contributed by atoms with E-state index in [1.54, 1.807) is 23.1 Å². The van der Waals surface area contributed by atoms with Gasteiger partial charge in [0.2, 0.25) is 5.91 Å². The van der Waals surface area contributed by atoms with E-state index in [2.05, 4.69) is 0 Å². The molecular formula is C19H24Cl2N2O2. The maximum Gasteiger partial charge on any atom is 0.254 e. The summed E-state index contributed by atoms with van der Waals surface area (Å²) < 4.78 is 0. The maximum absolute atomic E-state index is 13.0. The Hall–Kier alpha value is -1.26. The van der Waals surface area contributed by atoms with Crippen LogP contribution in [0, 0.1) is 0 Å². The molecule has 6 heteroatoms. The first-order chi connectivity index (χ1) is 12.1. The van der Waals surface area contributed by atoms with Crippen LogP contribution in [0.3, 0.4) is 0 Å². The molecule has 2 aliphatic rings. The molecule has 25 heavy (non-hydrogen) atoms. The molecule has 2 heterocycles. The number of carbonyl (C=O) groups is 2. The summed E-state index contributed by atoms with van der Waals surface area (Å²) in [4.78, 5) is 29.6. The lowest BCUT2D eigenvalue weighted by atomic mass is 10.1. The van der Waals surface area contributed by atoms with E-state index < -0.39 is 0 Å². The Morgan fingerprint density at radius 3 is 2.24 bits per heavy atom. The Morgan fingerprint density at radius 2 is 1.56 bits per heavy atom. The van der Waals surface area contributed by atoms with E-state index in [0.29, 0.717) is 22.2 Å². The minimum atomic E-state index is -0.346. The summed E-state index contributed by atoms with van der Waals surface area (Å²) in [5, 5.41) is 0.784. The molecule has 0 bridgehead atoms. The third-order valence-corrected chi connectivity index (χ3v) is 5.87. The summed E-state index contributed by atoms with van der Waals surface area (Å²) in [5.41, 5.74) is 0.488. The van der Waals surface area contributed by atoms with Gasteiger partial charge < -0.3 is 9.80 Å². The molecule has 3 rings (SSSR count). The van der Waals surface area contributed by atoms with Crippen molar-refractivity contribution in [3.05, 3.63) is 33.8 Å². The number of amides is 2. The lowest BCUT2D eigenvalue weighted by Gasteiger charge is -2.31. The van der Waals surface area contributed by atoms with E-state index >= 15 is 0 Å². The molecule has 0 aromatic heterocycles. The fourth-order valence-corrected chi connectivity index (χ4v) is 4.04. The van der Waals surface area contributed by atoms with E-state index in [0.717, 1.165) is 38.8 Å². The Morgan fingerprint density at radius 1 is 0.880 bits per heavy atom. The van der Waals surface area contributed by atoms with Gasteiger partial charge in [0.05, 0.1) is 10.0 Å². The van der Waals surface area contributed by atoms with Crippen LogP contribution in [0.25, 0.3) is 0 Å². The van der Waals surface area contributed by atoms with Crippen molar-refractivity contribution in [2.75, 3.05) is 19.6 Å². The SMILES string of the molecule is O=C(C1CCCN1C(=O)c1ccc(Cl)c(Cl)c1)N1CCCCCCC1. The molecule has 2 amide bonds. The predicted octanol–water partition coefficient (Wildman–Crippen LogP) is 4.39. The molecule has 0 radical (unpaired) electrons. The molecule has 1 aromatic rings. The van der Waals surface area contributed by atoms with Crippen molar-refractivity contribution in [1.82, 2.24) is 9.80 Å². The first kappa shape index (κ1) is 18.5. The van der Waals surface area contributed by atoms with Crippen LogP contribution in [-0.2, 0) is 4.79 Å². The quantitative estimate of drug-likeness (QED) is 0.760. The number of hydrogen-bond acceptors (Lipinski definition) is 2. The molecule has 0 saturated carbocycles. The molecule has 4 nitrogen and oxygen atoms in total. The summed E-state index contributed by atoms with van der Waals surface area (Å²) in [6, 6.07) is 4.54. The molecule has 2 saturated heterocycles. The highest BCUT2D eigenvalue weighted by Crippen LogP contribution is 2.27. The third-order valence-electron chi connectivity index (χ3n) is 5.13. The van der Waals surface area contributed by atoms with Crippen molar-refractivity contribution < 1.29 is 9.59 Å². The Labute approximate surface area is 159 Å². The number of nitrogens with zero attached hydrogens (tertiary/aromatic N) is 2. The van der Waals surface area contributed by atoms with Crippen LogP contribution in [0.15, 0.2) is 18.2 Å². The van der Waals surface area contributed by atoms with E-state index in [1.807, 2.05) is 4.90 Å². The number of benzene rings is 1.